The van der Waals surface area contributed by atoms with Crippen LogP contribution in [0.15, 0.2) is 12.1 Å². The minimum atomic E-state index is -0.888. The van der Waals surface area contributed by atoms with Crippen LogP contribution in [0.3, 0.4) is 0 Å². The molecule has 1 aromatic rings. The number of carbonyl (C=O) groups is 1. The van der Waals surface area contributed by atoms with Gasteiger partial charge in [0.2, 0.25) is 5.91 Å². The smallest absolute Gasteiger partial charge is 0.222 e. The summed E-state index contributed by atoms with van der Waals surface area (Å²) >= 11 is 0. The minimum Gasteiger partial charge on any atom is -0.504 e. The lowest BCUT2D eigenvalue weighted by molar-refractivity contribution is -0.200. The van der Waals surface area contributed by atoms with Crippen LogP contribution < -0.4 is 4.74 Å². The number of aliphatic hydroxyl groups is 1. The molecule has 4 fully saturated rings. The number of benzene rings is 1. The van der Waals surface area contributed by atoms with E-state index in [1.165, 1.54) is 37.7 Å². The largest absolute Gasteiger partial charge is 0.504 e. The van der Waals surface area contributed by atoms with Crippen LogP contribution in [-0.2, 0) is 16.6 Å². The molecule has 5 atom stereocenters. The van der Waals surface area contributed by atoms with Crippen molar-refractivity contribution in [1.82, 2.24) is 9.80 Å². The molecular formula is C29H40N2O4. The fourth-order valence-corrected chi connectivity index (χ4v) is 8.82. The average Bonchev–Trinajstić information content (AvgIpc) is 3.60. The summed E-state index contributed by atoms with van der Waals surface area (Å²) in [6.45, 7) is 2.03. The zero-order valence-corrected chi connectivity index (χ0v) is 21.0. The molecule has 6 nitrogen and oxygen atoms in total. The van der Waals surface area contributed by atoms with Crippen molar-refractivity contribution in [3.05, 3.63) is 23.3 Å². The number of hydrogen-bond acceptors (Lipinski definition) is 5. The summed E-state index contributed by atoms with van der Waals surface area (Å²) in [6, 6.07) is 3.81. The molecule has 0 radical (unpaired) electrons. The lowest BCUT2D eigenvalue weighted by atomic mass is 9.48. The van der Waals surface area contributed by atoms with E-state index in [1.807, 2.05) is 11.9 Å². The van der Waals surface area contributed by atoms with Gasteiger partial charge in [-0.25, -0.2) is 0 Å². The highest BCUT2D eigenvalue weighted by Gasteiger charge is 2.73. The fourth-order valence-electron chi connectivity index (χ4n) is 8.82. The summed E-state index contributed by atoms with van der Waals surface area (Å²) in [5.41, 5.74) is 0.819. The van der Waals surface area contributed by atoms with Crippen LogP contribution in [0.1, 0.15) is 81.8 Å². The maximum Gasteiger partial charge on any atom is 0.222 e. The number of rotatable bonds is 5. The number of aromatic hydroxyl groups is 1. The van der Waals surface area contributed by atoms with Crippen molar-refractivity contribution < 1.29 is 19.7 Å². The number of carbonyl (C=O) groups excluding carboxylic acids is 1. The summed E-state index contributed by atoms with van der Waals surface area (Å²) in [6.07, 6.45) is 12.1. The molecule has 1 saturated heterocycles. The first-order valence-corrected chi connectivity index (χ1v) is 14.2. The number of hydrogen-bond donors (Lipinski definition) is 2. The van der Waals surface area contributed by atoms with Crippen molar-refractivity contribution in [1.29, 1.82) is 0 Å². The second-order valence-electron chi connectivity index (χ2n) is 12.6. The van der Waals surface area contributed by atoms with Gasteiger partial charge in [-0.05, 0) is 81.4 Å². The van der Waals surface area contributed by atoms with E-state index in [1.54, 1.807) is 6.07 Å². The number of phenols is 1. The number of likely N-dealkylation sites (tertiary alicyclic amines) is 1. The Labute approximate surface area is 208 Å². The lowest BCUT2D eigenvalue weighted by Crippen LogP contribution is -2.78. The Balaban J connectivity index is 1.25. The Hall–Kier alpha value is -1.79. The summed E-state index contributed by atoms with van der Waals surface area (Å²) < 4.78 is 6.65. The average molecular weight is 481 g/mol. The quantitative estimate of drug-likeness (QED) is 0.672. The maximum absolute atomic E-state index is 13.5. The molecule has 35 heavy (non-hydrogen) atoms. The Kier molecular flexibility index (Phi) is 5.03. The zero-order chi connectivity index (χ0) is 23.9. The number of likely N-dealkylation sites (N-methyl/N-ethyl adjacent to an activating group) is 1. The molecule has 6 aliphatic rings. The van der Waals surface area contributed by atoms with Crippen molar-refractivity contribution in [2.45, 2.75) is 106 Å². The van der Waals surface area contributed by atoms with Crippen LogP contribution in [0.2, 0.25) is 0 Å². The van der Waals surface area contributed by atoms with Gasteiger partial charge in [0, 0.05) is 31.6 Å². The van der Waals surface area contributed by atoms with Gasteiger partial charge in [-0.2, -0.15) is 0 Å². The van der Waals surface area contributed by atoms with Gasteiger partial charge in [0.1, 0.15) is 6.10 Å². The standard InChI is InChI=1S/C29H40N2O4/c1-30(24(33)15-18-5-3-2-4-6-18)21-11-12-29(34)23-16-20-9-10-22(32)26-25(20)28(29,27(21)35-26)13-14-31(23)17-19-7-8-19/h9-10,18-19,21,23,27,32,34H,2-8,11-17H2,1H3/t21?,23-,27?,28+,29-/m1/s1. The third-order valence-electron chi connectivity index (χ3n) is 10.8. The van der Waals surface area contributed by atoms with Gasteiger partial charge in [-0.15, -0.1) is 0 Å². The molecule has 6 heteroatoms. The number of phenolic OH excluding ortho intramolecular Hbond substituents is 1. The lowest BCUT2D eigenvalue weighted by Gasteiger charge is -2.64. The van der Waals surface area contributed by atoms with Crippen molar-refractivity contribution >= 4 is 5.91 Å². The number of nitrogens with zero attached hydrogens (tertiary/aromatic N) is 2. The van der Waals surface area contributed by atoms with Crippen molar-refractivity contribution in [2.24, 2.45) is 11.8 Å². The van der Waals surface area contributed by atoms with E-state index in [9.17, 15) is 15.0 Å². The predicted molar refractivity (Wildman–Crippen MR) is 133 cm³/mol. The van der Waals surface area contributed by atoms with Crippen LogP contribution in [0.5, 0.6) is 11.5 Å². The minimum absolute atomic E-state index is 0.0788. The topological polar surface area (TPSA) is 73.2 Å². The third kappa shape index (κ3) is 3.11. The molecule has 1 amide bonds. The van der Waals surface area contributed by atoms with E-state index in [0.29, 0.717) is 24.5 Å². The first-order valence-electron chi connectivity index (χ1n) is 14.2. The van der Waals surface area contributed by atoms with Crippen molar-refractivity contribution in [2.75, 3.05) is 20.1 Å². The zero-order valence-electron chi connectivity index (χ0n) is 21.0. The van der Waals surface area contributed by atoms with Gasteiger partial charge in [-0.3, -0.25) is 9.69 Å². The highest BCUT2D eigenvalue weighted by atomic mass is 16.5. The first kappa shape index (κ1) is 22.4. The van der Waals surface area contributed by atoms with E-state index in [4.69, 9.17) is 4.74 Å². The molecule has 4 aliphatic carbocycles. The van der Waals surface area contributed by atoms with Gasteiger partial charge in [0.05, 0.1) is 17.1 Å². The van der Waals surface area contributed by atoms with E-state index in [-0.39, 0.29) is 29.8 Å². The molecule has 190 valence electrons. The summed E-state index contributed by atoms with van der Waals surface area (Å²) in [5, 5.41) is 23.4. The molecule has 2 N–H and O–H groups in total. The molecule has 2 unspecified atom stereocenters. The number of ether oxygens (including phenoxy) is 1. The molecular weight excluding hydrogens is 440 g/mol. The Bertz CT molecular complexity index is 1030. The molecule has 2 bridgehead atoms. The van der Waals surface area contributed by atoms with Crippen LogP contribution in [0.25, 0.3) is 0 Å². The second-order valence-corrected chi connectivity index (χ2v) is 12.6. The van der Waals surface area contributed by atoms with Gasteiger partial charge >= 0.3 is 0 Å². The van der Waals surface area contributed by atoms with Crippen LogP contribution in [0.4, 0.5) is 0 Å². The van der Waals surface area contributed by atoms with Gasteiger partial charge < -0.3 is 19.8 Å². The number of piperidine rings is 1. The summed E-state index contributed by atoms with van der Waals surface area (Å²) in [5.74, 6) is 2.23. The highest BCUT2D eigenvalue weighted by Crippen LogP contribution is 2.66. The highest BCUT2D eigenvalue weighted by molar-refractivity contribution is 5.77. The van der Waals surface area contributed by atoms with Crippen molar-refractivity contribution in [3.63, 3.8) is 0 Å². The molecule has 1 spiro atoms. The van der Waals surface area contributed by atoms with E-state index in [2.05, 4.69) is 11.0 Å². The van der Waals surface area contributed by atoms with Crippen molar-refractivity contribution in [3.8, 4) is 11.5 Å². The Morgan fingerprint density at radius 3 is 2.69 bits per heavy atom. The first-order chi connectivity index (χ1) is 16.9. The molecule has 1 aromatic carbocycles. The summed E-state index contributed by atoms with van der Waals surface area (Å²) in [7, 11) is 1.95. The molecule has 2 aliphatic heterocycles. The summed E-state index contributed by atoms with van der Waals surface area (Å²) in [4.78, 5) is 18.0. The second kappa shape index (κ2) is 7.85. The molecule has 0 aromatic heterocycles. The van der Waals surface area contributed by atoms with Crippen LogP contribution >= 0.6 is 0 Å². The molecule has 2 heterocycles. The SMILES string of the molecule is CN(C(=O)CC1CCCCC1)C1CC[C@@]2(O)[C@H]3Cc4ccc(O)c5c4[C@@]2(CCN3CC2CC2)C1O5. The fraction of sp³-hybridized carbons (Fsp3) is 0.759. The Morgan fingerprint density at radius 2 is 1.91 bits per heavy atom. The molecule has 7 rings (SSSR count). The van der Waals surface area contributed by atoms with Gasteiger partial charge in [0.15, 0.2) is 11.5 Å². The monoisotopic (exact) mass is 480 g/mol. The van der Waals surface area contributed by atoms with Crippen LogP contribution in [0, 0.1) is 11.8 Å². The third-order valence-corrected chi connectivity index (χ3v) is 10.8. The predicted octanol–water partition coefficient (Wildman–Crippen LogP) is 3.75. The van der Waals surface area contributed by atoms with E-state index in [0.717, 1.165) is 56.7 Å². The number of amides is 1. The normalized spacial score (nSPS) is 38.1. The van der Waals surface area contributed by atoms with E-state index < -0.39 is 11.0 Å². The van der Waals surface area contributed by atoms with E-state index >= 15 is 0 Å². The maximum atomic E-state index is 13.5. The van der Waals surface area contributed by atoms with Gasteiger partial charge in [0.25, 0.3) is 0 Å². The van der Waals surface area contributed by atoms with Gasteiger partial charge in [-0.1, -0.05) is 25.3 Å². The van der Waals surface area contributed by atoms with Crippen LogP contribution in [-0.4, -0.2) is 69.8 Å². The Morgan fingerprint density at radius 1 is 1.11 bits per heavy atom. The molecule has 3 saturated carbocycles.